The van der Waals surface area contributed by atoms with Gasteiger partial charge in [0.25, 0.3) is 5.56 Å². The lowest BCUT2D eigenvalue weighted by Crippen LogP contribution is -2.16. The number of nitrogens with zero attached hydrogens (tertiary/aromatic N) is 3. The number of halogens is 3. The van der Waals surface area contributed by atoms with E-state index in [9.17, 15) is 18.0 Å². The summed E-state index contributed by atoms with van der Waals surface area (Å²) in [6, 6.07) is 17.5. The Bertz CT molecular complexity index is 1190. The van der Waals surface area contributed by atoms with Gasteiger partial charge in [0, 0.05) is 11.8 Å². The monoisotopic (exact) mass is 402 g/mol. The quantitative estimate of drug-likeness (QED) is 0.405. The number of nitrogens with one attached hydrogen (secondary N) is 1. The summed E-state index contributed by atoms with van der Waals surface area (Å²) in [5, 5.41) is -0.105. The Morgan fingerprint density at radius 3 is 2.46 bits per heavy atom. The van der Waals surface area contributed by atoms with Crippen molar-refractivity contribution in [2.75, 3.05) is 0 Å². The van der Waals surface area contributed by atoms with E-state index in [1.54, 1.807) is 0 Å². The van der Waals surface area contributed by atoms with E-state index in [0.717, 1.165) is 28.5 Å². The van der Waals surface area contributed by atoms with Crippen molar-refractivity contribution in [3.63, 3.8) is 0 Å². The predicted molar refractivity (Wildman–Crippen MR) is 100 cm³/mol. The van der Waals surface area contributed by atoms with Gasteiger partial charge in [-0.05, 0) is 24.3 Å². The maximum absolute atomic E-state index is 12.9. The molecule has 0 bridgehead atoms. The highest BCUT2D eigenvalue weighted by Gasteiger charge is 2.33. The molecule has 9 heteroatoms. The van der Waals surface area contributed by atoms with E-state index in [0.29, 0.717) is 11.9 Å². The predicted octanol–water partition coefficient (Wildman–Crippen LogP) is 4.42. The van der Waals surface area contributed by atoms with Crippen LogP contribution in [-0.2, 0) is 11.9 Å². The largest absolute Gasteiger partial charge is 0.433 e. The van der Waals surface area contributed by atoms with Gasteiger partial charge in [-0.3, -0.25) is 9.36 Å². The van der Waals surface area contributed by atoms with Gasteiger partial charge in [-0.1, -0.05) is 42.1 Å². The number of H-pyrrole nitrogens is 1. The van der Waals surface area contributed by atoms with Crippen molar-refractivity contribution in [1.82, 2.24) is 19.5 Å². The summed E-state index contributed by atoms with van der Waals surface area (Å²) in [7, 11) is 0. The molecule has 2 aromatic carbocycles. The second-order valence-corrected chi connectivity index (χ2v) is 6.87. The Morgan fingerprint density at radius 1 is 1.00 bits per heavy atom. The fraction of sp³-hybridized carbons (Fsp3) is 0.105. The second-order valence-electron chi connectivity index (χ2n) is 5.91. The molecule has 0 spiro atoms. The van der Waals surface area contributed by atoms with Gasteiger partial charge in [-0.2, -0.15) is 13.2 Å². The molecule has 28 heavy (non-hydrogen) atoms. The Balaban J connectivity index is 1.72. The lowest BCUT2D eigenvalue weighted by molar-refractivity contribution is -0.141. The van der Waals surface area contributed by atoms with Gasteiger partial charge in [0.05, 0.1) is 16.8 Å². The maximum Gasteiger partial charge on any atom is 0.433 e. The minimum absolute atomic E-state index is 0.105. The number of aromatic amines is 1. The molecule has 0 aliphatic rings. The number of imidazole rings is 1. The van der Waals surface area contributed by atoms with Crippen molar-refractivity contribution in [2.45, 2.75) is 17.1 Å². The minimum atomic E-state index is -4.68. The molecule has 0 saturated carbocycles. The van der Waals surface area contributed by atoms with Crippen LogP contribution in [0.5, 0.6) is 0 Å². The number of benzene rings is 2. The van der Waals surface area contributed by atoms with E-state index in [1.807, 2.05) is 59.2 Å². The molecular formula is C19H13F3N4OS. The normalized spacial score (nSPS) is 11.8. The van der Waals surface area contributed by atoms with Crippen LogP contribution in [0.3, 0.4) is 0 Å². The molecule has 2 aromatic heterocycles. The maximum atomic E-state index is 12.9. The van der Waals surface area contributed by atoms with Crippen LogP contribution in [-0.4, -0.2) is 19.5 Å². The molecule has 0 radical (unpaired) electrons. The summed E-state index contributed by atoms with van der Waals surface area (Å²) in [5.41, 5.74) is 0.483. The van der Waals surface area contributed by atoms with Gasteiger partial charge in [0.2, 0.25) is 0 Å². The van der Waals surface area contributed by atoms with E-state index in [2.05, 4.69) is 15.0 Å². The minimum Gasteiger partial charge on any atom is -0.301 e. The van der Waals surface area contributed by atoms with Gasteiger partial charge in [-0.25, -0.2) is 9.97 Å². The van der Waals surface area contributed by atoms with Gasteiger partial charge in [0.15, 0.2) is 10.9 Å². The average Bonchev–Trinajstić information content (AvgIpc) is 3.04. The first-order valence-electron chi connectivity index (χ1n) is 8.25. The molecule has 2 heterocycles. The highest BCUT2D eigenvalue weighted by atomic mass is 32.2. The highest BCUT2D eigenvalue weighted by molar-refractivity contribution is 7.98. The van der Waals surface area contributed by atoms with Crippen molar-refractivity contribution < 1.29 is 13.2 Å². The average molecular weight is 402 g/mol. The third kappa shape index (κ3) is 3.65. The Hall–Kier alpha value is -3.07. The van der Waals surface area contributed by atoms with Crippen LogP contribution in [0.1, 0.15) is 11.5 Å². The molecule has 5 nitrogen and oxygen atoms in total. The molecule has 0 atom stereocenters. The Morgan fingerprint density at radius 2 is 1.71 bits per heavy atom. The van der Waals surface area contributed by atoms with Gasteiger partial charge < -0.3 is 4.98 Å². The molecule has 0 saturated heterocycles. The second kappa shape index (κ2) is 7.16. The number of rotatable bonds is 4. The Labute approximate surface area is 161 Å². The van der Waals surface area contributed by atoms with E-state index >= 15 is 0 Å². The molecule has 0 aliphatic carbocycles. The number of para-hydroxylation sites is 3. The molecule has 0 aliphatic heterocycles. The SMILES string of the molecule is O=c1cc(C(F)(F)F)nc(SCc2nc3ccccc3n2-c2ccccc2)[nH]1. The highest BCUT2D eigenvalue weighted by Crippen LogP contribution is 2.29. The third-order valence-electron chi connectivity index (χ3n) is 3.99. The Kier molecular flexibility index (Phi) is 4.68. The summed E-state index contributed by atoms with van der Waals surface area (Å²) in [4.78, 5) is 22.0. The zero-order chi connectivity index (χ0) is 19.7. The fourth-order valence-corrected chi connectivity index (χ4v) is 3.61. The van der Waals surface area contributed by atoms with Gasteiger partial charge >= 0.3 is 6.18 Å². The van der Waals surface area contributed by atoms with Crippen LogP contribution >= 0.6 is 11.8 Å². The summed E-state index contributed by atoms with van der Waals surface area (Å²) >= 11 is 0.992. The lowest BCUT2D eigenvalue weighted by atomic mass is 10.3. The standard InChI is InChI=1S/C19H13F3N4OS/c20-19(21,22)15-10-17(27)25-18(24-15)28-11-16-23-13-8-4-5-9-14(13)26(16)12-6-2-1-3-7-12/h1-10H,11H2,(H,24,25,27). The summed E-state index contributed by atoms with van der Waals surface area (Å²) in [5.74, 6) is 0.867. The smallest absolute Gasteiger partial charge is 0.301 e. The van der Waals surface area contributed by atoms with Crippen LogP contribution in [0.4, 0.5) is 13.2 Å². The van der Waals surface area contributed by atoms with Crippen LogP contribution < -0.4 is 5.56 Å². The number of thioether (sulfide) groups is 1. The topological polar surface area (TPSA) is 63.6 Å². The number of aromatic nitrogens is 4. The molecule has 4 rings (SSSR count). The van der Waals surface area contributed by atoms with Crippen molar-refractivity contribution in [2.24, 2.45) is 0 Å². The number of fused-ring (bicyclic) bond motifs is 1. The van der Waals surface area contributed by atoms with Crippen LogP contribution in [0.15, 0.2) is 70.6 Å². The number of hydrogen-bond donors (Lipinski definition) is 1. The van der Waals surface area contributed by atoms with E-state index in [-0.39, 0.29) is 10.9 Å². The molecule has 4 aromatic rings. The number of alkyl halides is 3. The third-order valence-corrected chi connectivity index (χ3v) is 4.86. The van der Waals surface area contributed by atoms with Gasteiger partial charge in [-0.15, -0.1) is 0 Å². The first-order chi connectivity index (χ1) is 13.4. The molecule has 142 valence electrons. The molecule has 0 fully saturated rings. The van der Waals surface area contributed by atoms with Crippen LogP contribution in [0.2, 0.25) is 0 Å². The zero-order valence-electron chi connectivity index (χ0n) is 14.3. The summed E-state index contributed by atoms with van der Waals surface area (Å²) < 4.78 is 40.6. The lowest BCUT2D eigenvalue weighted by Gasteiger charge is -2.10. The zero-order valence-corrected chi connectivity index (χ0v) is 15.1. The molecule has 1 N–H and O–H groups in total. The van der Waals surface area contributed by atoms with E-state index < -0.39 is 17.4 Å². The van der Waals surface area contributed by atoms with Crippen molar-refractivity contribution in [3.8, 4) is 5.69 Å². The van der Waals surface area contributed by atoms with Crippen molar-refractivity contribution in [3.05, 3.63) is 82.5 Å². The first kappa shape index (κ1) is 18.3. The fourth-order valence-electron chi connectivity index (χ4n) is 2.82. The van der Waals surface area contributed by atoms with Crippen molar-refractivity contribution in [1.29, 1.82) is 0 Å². The van der Waals surface area contributed by atoms with E-state index in [4.69, 9.17) is 0 Å². The molecular weight excluding hydrogens is 389 g/mol. The van der Waals surface area contributed by atoms with Crippen LogP contribution in [0.25, 0.3) is 16.7 Å². The molecule has 0 amide bonds. The summed E-state index contributed by atoms with van der Waals surface area (Å²) in [6.07, 6.45) is -4.68. The summed E-state index contributed by atoms with van der Waals surface area (Å²) in [6.45, 7) is 0. The van der Waals surface area contributed by atoms with Crippen molar-refractivity contribution >= 4 is 22.8 Å². The van der Waals surface area contributed by atoms with Crippen LogP contribution in [0, 0.1) is 0 Å². The molecule has 0 unspecified atom stereocenters. The van der Waals surface area contributed by atoms with Gasteiger partial charge in [0.1, 0.15) is 5.82 Å². The number of hydrogen-bond acceptors (Lipinski definition) is 4. The van der Waals surface area contributed by atoms with E-state index in [1.165, 1.54) is 0 Å². The first-order valence-corrected chi connectivity index (χ1v) is 9.23.